The van der Waals surface area contributed by atoms with Gasteiger partial charge in [-0.1, -0.05) is 60.7 Å². The smallest absolute Gasteiger partial charge is 0.233 e. The largest absolute Gasteiger partial charge is 0.417 e. The van der Waals surface area contributed by atoms with Gasteiger partial charge in [-0.25, -0.2) is 0 Å². The molecule has 1 nitrogen and oxygen atoms in total. The van der Waals surface area contributed by atoms with E-state index in [0.29, 0.717) is 15.3 Å². The summed E-state index contributed by atoms with van der Waals surface area (Å²) in [7, 11) is 0.574. The Morgan fingerprint density at radius 3 is 1.74 bits per heavy atom. The highest BCUT2D eigenvalue weighted by Gasteiger charge is 2.13. The van der Waals surface area contributed by atoms with E-state index in [-0.39, 0.29) is 0 Å². The lowest BCUT2D eigenvalue weighted by atomic mass is 10.0. The Morgan fingerprint density at radius 1 is 0.842 bits per heavy atom. The van der Waals surface area contributed by atoms with Crippen molar-refractivity contribution in [2.75, 3.05) is 6.61 Å². The van der Waals surface area contributed by atoms with Gasteiger partial charge in [-0.2, -0.15) is 0 Å². The molecule has 0 N–H and O–H groups in total. The summed E-state index contributed by atoms with van der Waals surface area (Å²) in [5.74, 6) is 0. The Morgan fingerprint density at radius 2 is 1.32 bits per heavy atom. The molecular formula is C17H20OSi. The summed E-state index contributed by atoms with van der Waals surface area (Å²) in [6.07, 6.45) is 2.18. The fraction of sp³-hybridized carbons (Fsp3) is 0.294. The first-order valence-electron chi connectivity index (χ1n) is 6.83. The second kappa shape index (κ2) is 7.92. The Hall–Kier alpha value is -1.38. The minimum atomic E-state index is 0.574. The lowest BCUT2D eigenvalue weighted by Gasteiger charge is -2.15. The molecule has 0 aliphatic heterocycles. The van der Waals surface area contributed by atoms with Crippen LogP contribution in [-0.2, 0) is 17.3 Å². The van der Waals surface area contributed by atoms with Crippen molar-refractivity contribution < 1.29 is 4.43 Å². The van der Waals surface area contributed by atoms with Crippen molar-refractivity contribution in [1.29, 1.82) is 0 Å². The number of hydrogen-bond donors (Lipinski definition) is 0. The number of hydrogen-bond acceptors (Lipinski definition) is 1. The van der Waals surface area contributed by atoms with Crippen molar-refractivity contribution >= 4 is 9.76 Å². The zero-order valence-corrected chi connectivity index (χ0v) is 12.4. The third-order valence-electron chi connectivity index (χ3n) is 3.04. The molecule has 19 heavy (non-hydrogen) atoms. The second-order valence-corrected chi connectivity index (χ2v) is 5.97. The van der Waals surface area contributed by atoms with Crippen molar-refractivity contribution in [1.82, 2.24) is 0 Å². The first kappa shape index (κ1) is 14.0. The van der Waals surface area contributed by atoms with Crippen LogP contribution in [0.2, 0.25) is 5.54 Å². The third-order valence-corrected chi connectivity index (χ3v) is 4.24. The molecule has 0 atom stereocenters. The minimum Gasteiger partial charge on any atom is -0.417 e. The van der Waals surface area contributed by atoms with E-state index in [2.05, 4.69) is 67.6 Å². The average Bonchev–Trinajstić information content (AvgIpc) is 2.47. The van der Waals surface area contributed by atoms with Gasteiger partial charge < -0.3 is 4.43 Å². The summed E-state index contributed by atoms with van der Waals surface area (Å²) < 4.78 is 5.67. The van der Waals surface area contributed by atoms with Crippen molar-refractivity contribution in [2.45, 2.75) is 25.3 Å². The predicted molar refractivity (Wildman–Crippen MR) is 81.4 cm³/mol. The maximum atomic E-state index is 5.67. The van der Waals surface area contributed by atoms with Crippen LogP contribution >= 0.6 is 0 Å². The summed E-state index contributed by atoms with van der Waals surface area (Å²) >= 11 is 0. The highest BCUT2D eigenvalue weighted by atomic mass is 28.2. The normalized spacial score (nSPS) is 10.8. The van der Waals surface area contributed by atoms with Crippen LogP contribution in [0.3, 0.4) is 0 Å². The lowest BCUT2D eigenvalue weighted by Crippen LogP contribution is -2.13. The van der Waals surface area contributed by atoms with Crippen molar-refractivity contribution in [3.05, 3.63) is 71.8 Å². The zero-order chi connectivity index (χ0) is 13.3. The molecule has 98 valence electrons. The van der Waals surface area contributed by atoms with Crippen LogP contribution in [0.4, 0.5) is 0 Å². The van der Waals surface area contributed by atoms with Crippen LogP contribution in [0.15, 0.2) is 60.7 Å². The topological polar surface area (TPSA) is 9.23 Å². The number of benzene rings is 2. The molecule has 2 aromatic carbocycles. The van der Waals surface area contributed by atoms with Crippen LogP contribution in [0, 0.1) is 0 Å². The van der Waals surface area contributed by atoms with Gasteiger partial charge in [0, 0.05) is 6.61 Å². The van der Waals surface area contributed by atoms with E-state index in [1.807, 2.05) is 0 Å². The van der Waals surface area contributed by atoms with Gasteiger partial charge in [0.25, 0.3) is 0 Å². The van der Waals surface area contributed by atoms with E-state index in [0.717, 1.165) is 19.4 Å². The number of rotatable bonds is 7. The minimum absolute atomic E-state index is 0.574. The van der Waals surface area contributed by atoms with Crippen LogP contribution in [-0.4, -0.2) is 16.4 Å². The molecule has 0 saturated heterocycles. The first-order valence-corrected chi connectivity index (χ1v) is 7.82. The summed E-state index contributed by atoms with van der Waals surface area (Å²) in [5.41, 5.74) is 3.37. The van der Waals surface area contributed by atoms with Crippen LogP contribution in [0.1, 0.15) is 18.1 Å². The maximum Gasteiger partial charge on any atom is 0.233 e. The van der Waals surface area contributed by atoms with Gasteiger partial charge in [-0.3, -0.25) is 0 Å². The highest BCUT2D eigenvalue weighted by molar-refractivity contribution is 6.29. The van der Waals surface area contributed by atoms with E-state index in [1.54, 1.807) is 0 Å². The molecule has 2 rings (SSSR count). The zero-order valence-electron chi connectivity index (χ0n) is 11.4. The molecule has 0 unspecified atom stereocenters. The van der Waals surface area contributed by atoms with Gasteiger partial charge in [-0.15, -0.1) is 0 Å². The van der Waals surface area contributed by atoms with Crippen molar-refractivity contribution in [3.63, 3.8) is 0 Å². The molecule has 0 saturated carbocycles. The van der Waals surface area contributed by atoms with Crippen molar-refractivity contribution in [3.8, 4) is 0 Å². The molecule has 2 radical (unpaired) electrons. The fourth-order valence-electron chi connectivity index (χ4n) is 2.15. The van der Waals surface area contributed by atoms with Crippen LogP contribution < -0.4 is 0 Å². The summed E-state index contributed by atoms with van der Waals surface area (Å²) in [5, 5.41) is 0. The lowest BCUT2D eigenvalue weighted by molar-refractivity contribution is 0.351. The molecule has 0 heterocycles. The fourth-order valence-corrected chi connectivity index (χ4v) is 3.19. The molecule has 0 aliphatic carbocycles. The standard InChI is InChI=1S/C17H20OSi/c1-2-18-19-17(13-15-9-5-3-6-10-15)14-16-11-7-4-8-12-16/h3-12,17H,2,13-14H2,1H3. The summed E-state index contributed by atoms with van der Waals surface area (Å²) in [6, 6.07) is 21.4. The van der Waals surface area contributed by atoms with Crippen LogP contribution in [0.25, 0.3) is 0 Å². The quantitative estimate of drug-likeness (QED) is 0.692. The maximum absolute atomic E-state index is 5.67. The summed E-state index contributed by atoms with van der Waals surface area (Å²) in [6.45, 7) is 2.87. The van der Waals surface area contributed by atoms with Crippen molar-refractivity contribution in [2.24, 2.45) is 0 Å². The van der Waals surface area contributed by atoms with Gasteiger partial charge >= 0.3 is 0 Å². The average molecular weight is 268 g/mol. The molecule has 0 spiro atoms. The molecule has 2 aromatic rings. The van der Waals surface area contributed by atoms with Gasteiger partial charge in [0.1, 0.15) is 0 Å². The third kappa shape index (κ3) is 5.01. The Bertz CT molecular complexity index is 414. The van der Waals surface area contributed by atoms with E-state index >= 15 is 0 Å². The van der Waals surface area contributed by atoms with Gasteiger partial charge in [0.2, 0.25) is 9.76 Å². The molecule has 0 aliphatic rings. The van der Waals surface area contributed by atoms with Gasteiger partial charge in [0.15, 0.2) is 0 Å². The molecule has 0 fully saturated rings. The second-order valence-electron chi connectivity index (χ2n) is 4.63. The molecule has 0 bridgehead atoms. The first-order chi connectivity index (χ1) is 9.38. The molecule has 0 amide bonds. The predicted octanol–water partition coefficient (Wildman–Crippen LogP) is 3.92. The Kier molecular flexibility index (Phi) is 5.85. The van der Waals surface area contributed by atoms with E-state index in [9.17, 15) is 0 Å². The Balaban J connectivity index is 1.99. The Labute approximate surface area is 118 Å². The van der Waals surface area contributed by atoms with E-state index in [4.69, 9.17) is 4.43 Å². The van der Waals surface area contributed by atoms with E-state index in [1.165, 1.54) is 11.1 Å². The molecule has 2 heteroatoms. The highest BCUT2D eigenvalue weighted by Crippen LogP contribution is 2.19. The molecular weight excluding hydrogens is 248 g/mol. The van der Waals surface area contributed by atoms with Gasteiger partial charge in [-0.05, 0) is 36.4 Å². The monoisotopic (exact) mass is 268 g/mol. The van der Waals surface area contributed by atoms with Crippen LogP contribution in [0.5, 0.6) is 0 Å². The van der Waals surface area contributed by atoms with E-state index < -0.39 is 0 Å². The van der Waals surface area contributed by atoms with Gasteiger partial charge in [0.05, 0.1) is 0 Å². The SMILES string of the molecule is CCO[Si]C(Cc1ccccc1)Cc1ccccc1. The summed E-state index contributed by atoms with van der Waals surface area (Å²) in [4.78, 5) is 0. The molecule has 0 aromatic heterocycles.